The van der Waals surface area contributed by atoms with Crippen molar-refractivity contribution in [2.75, 3.05) is 39.6 Å². The molecule has 0 radical (unpaired) electrons. The van der Waals surface area contributed by atoms with Crippen LogP contribution in [-0.4, -0.2) is 96.7 Å². The minimum absolute atomic E-state index is 0.0786. The summed E-state index contributed by atoms with van der Waals surface area (Å²) in [5.74, 6) is -2.20. The molecule has 5 atom stereocenters. The van der Waals surface area contributed by atoms with Gasteiger partial charge in [-0.05, 0) is 148 Å². The Morgan fingerprint density at radius 2 is 0.480 bits per heavy atom. The van der Waals surface area contributed by atoms with Crippen LogP contribution in [0.15, 0.2) is 85.1 Å². The van der Waals surface area contributed by atoms with Crippen LogP contribution in [-0.2, 0) is 65.4 Å². The summed E-state index contributed by atoms with van der Waals surface area (Å²) >= 11 is 0. The SMILES string of the molecule is CCCCCC=CCC=CCCCCCCCCCC(=O)OC[C@H](COP(=O)(O)OCC(O)COP(=O)(O)OC[C@@H](COC(=O)CCCCCCCC=CCC=CCCCCC)OC(=O)CCCCCCCCCC=CCCCCCC)OC(=O)CCCCCCCC=CCC=CCCCCC. The summed E-state index contributed by atoms with van der Waals surface area (Å²) in [5.41, 5.74) is 0. The summed E-state index contributed by atoms with van der Waals surface area (Å²) in [6.07, 6.45) is 78.3. The molecule has 0 aromatic rings. The largest absolute Gasteiger partial charge is 0.472 e. The Hall–Kier alpha value is -3.76. The van der Waals surface area contributed by atoms with Crippen molar-refractivity contribution in [2.24, 2.45) is 0 Å². The zero-order chi connectivity index (χ0) is 74.6. The van der Waals surface area contributed by atoms with E-state index in [1.54, 1.807) is 0 Å². The molecule has 17 nitrogen and oxygen atoms in total. The van der Waals surface area contributed by atoms with Crippen LogP contribution in [0.1, 0.15) is 362 Å². The molecule has 0 saturated heterocycles. The number of esters is 4. The Morgan fingerprint density at radius 3 is 0.755 bits per heavy atom. The van der Waals surface area contributed by atoms with Crippen molar-refractivity contribution >= 4 is 39.5 Å². The van der Waals surface area contributed by atoms with Gasteiger partial charge in [-0.1, -0.05) is 273 Å². The summed E-state index contributed by atoms with van der Waals surface area (Å²) in [5, 5.41) is 10.6. The van der Waals surface area contributed by atoms with Gasteiger partial charge in [0, 0.05) is 25.7 Å². The first-order valence-electron chi connectivity index (χ1n) is 40.8. The van der Waals surface area contributed by atoms with Crippen molar-refractivity contribution in [3.8, 4) is 0 Å². The Balaban J connectivity index is 5.37. The van der Waals surface area contributed by atoms with Crippen LogP contribution < -0.4 is 0 Å². The number of phosphoric acid groups is 2. The van der Waals surface area contributed by atoms with Crippen LogP contribution in [0.25, 0.3) is 0 Å². The number of phosphoric ester groups is 2. The second-order valence-corrected chi connectivity index (χ2v) is 30.3. The van der Waals surface area contributed by atoms with Crippen LogP contribution in [0, 0.1) is 0 Å². The van der Waals surface area contributed by atoms with E-state index in [-0.39, 0.29) is 25.7 Å². The first kappa shape index (κ1) is 98.2. The molecule has 0 amide bonds. The third-order valence-corrected chi connectivity index (χ3v) is 19.2. The lowest BCUT2D eigenvalue weighted by atomic mass is 10.1. The van der Waals surface area contributed by atoms with Gasteiger partial charge in [0.1, 0.15) is 19.3 Å². The van der Waals surface area contributed by atoms with Gasteiger partial charge in [0.2, 0.25) is 0 Å². The monoisotopic (exact) mass is 1480 g/mol. The van der Waals surface area contributed by atoms with Gasteiger partial charge in [0.15, 0.2) is 12.2 Å². The molecule has 3 unspecified atom stereocenters. The minimum atomic E-state index is -4.98. The van der Waals surface area contributed by atoms with E-state index in [1.165, 1.54) is 83.5 Å². The number of carbonyl (C=O) groups is 4. The number of aliphatic hydroxyl groups is 1. The second-order valence-electron chi connectivity index (χ2n) is 27.3. The van der Waals surface area contributed by atoms with Crippen molar-refractivity contribution < 1.29 is 80.2 Å². The molecule has 102 heavy (non-hydrogen) atoms. The lowest BCUT2D eigenvalue weighted by molar-refractivity contribution is -0.161. The first-order chi connectivity index (χ1) is 49.7. The number of allylic oxidation sites excluding steroid dienone is 14. The average Bonchev–Trinajstić information content (AvgIpc) is 0.923. The maximum atomic E-state index is 13.1. The molecule has 0 heterocycles. The van der Waals surface area contributed by atoms with Gasteiger partial charge < -0.3 is 33.8 Å². The van der Waals surface area contributed by atoms with E-state index in [0.717, 1.165) is 199 Å². The van der Waals surface area contributed by atoms with Gasteiger partial charge in [0.05, 0.1) is 26.4 Å². The van der Waals surface area contributed by atoms with Gasteiger partial charge in [0.25, 0.3) is 0 Å². The second kappa shape index (κ2) is 75.5. The number of unbranched alkanes of at least 4 members (excludes halogenated alkanes) is 37. The maximum Gasteiger partial charge on any atom is 0.472 e. The molecule has 0 aliphatic heterocycles. The van der Waals surface area contributed by atoms with E-state index < -0.39 is 97.5 Å². The van der Waals surface area contributed by atoms with E-state index in [9.17, 15) is 43.2 Å². The van der Waals surface area contributed by atoms with Crippen molar-refractivity contribution in [1.29, 1.82) is 0 Å². The molecule has 3 N–H and O–H groups in total. The third-order valence-electron chi connectivity index (χ3n) is 17.3. The lowest BCUT2D eigenvalue weighted by Gasteiger charge is -2.21. The minimum Gasteiger partial charge on any atom is -0.462 e. The first-order valence-corrected chi connectivity index (χ1v) is 43.8. The quantitative estimate of drug-likeness (QED) is 0.0169. The molecular formula is C83H148O17P2. The highest BCUT2D eigenvalue weighted by molar-refractivity contribution is 7.47. The predicted octanol–water partition coefficient (Wildman–Crippen LogP) is 23.8. The fourth-order valence-corrected chi connectivity index (χ4v) is 12.6. The summed E-state index contributed by atoms with van der Waals surface area (Å²) in [6, 6.07) is 0. The summed E-state index contributed by atoms with van der Waals surface area (Å²) in [4.78, 5) is 73.1. The Morgan fingerprint density at radius 1 is 0.275 bits per heavy atom. The van der Waals surface area contributed by atoms with Gasteiger partial charge >= 0.3 is 39.5 Å². The molecule has 19 heteroatoms. The van der Waals surface area contributed by atoms with Crippen molar-refractivity contribution in [3.63, 3.8) is 0 Å². The molecule has 0 bridgehead atoms. The third kappa shape index (κ3) is 74.5. The summed E-state index contributed by atoms with van der Waals surface area (Å²) in [7, 11) is -9.96. The molecule has 0 aliphatic rings. The highest BCUT2D eigenvalue weighted by atomic mass is 31.2. The maximum absolute atomic E-state index is 13.1. The van der Waals surface area contributed by atoms with E-state index in [4.69, 9.17) is 37.0 Å². The molecule has 0 saturated carbocycles. The Labute approximate surface area is 621 Å². The van der Waals surface area contributed by atoms with Crippen LogP contribution in [0.3, 0.4) is 0 Å². The van der Waals surface area contributed by atoms with E-state index in [1.807, 2.05) is 0 Å². The molecular weight excluding hydrogens is 1330 g/mol. The Bertz CT molecular complexity index is 2260. The number of hydrogen-bond donors (Lipinski definition) is 3. The van der Waals surface area contributed by atoms with Gasteiger partial charge in [-0.25, -0.2) is 9.13 Å². The number of ether oxygens (including phenoxy) is 4. The van der Waals surface area contributed by atoms with Crippen molar-refractivity contribution in [1.82, 2.24) is 0 Å². The number of aliphatic hydroxyl groups excluding tert-OH is 1. The van der Waals surface area contributed by atoms with Crippen molar-refractivity contribution in [3.05, 3.63) is 85.1 Å². The Kier molecular flexibility index (Phi) is 72.7. The standard InChI is InChI=1S/C83H148O17P2/c1-5-9-13-17-21-25-29-33-37-38-42-44-48-52-56-60-64-68-81(86)94-74-79(100-83(88)70-66-62-58-54-50-46-41-36-32-28-24-20-16-12-8-4)76-98-102(91,92)96-72-77(84)71-95-101(89,90)97-75-78(99-82(87)69-65-61-57-53-49-45-40-35-31-27-23-19-15-11-7-3)73-93-80(85)67-63-59-55-51-47-43-39-34-30-26-22-18-14-10-6-2/h21-22,24-28,31,33-34,36-37,39,41,77-79,84H,5-20,23,29-30,32,35,38,40,42-76H2,1-4H3,(H,89,90)(H,91,92)/t77?,78-,79-/m1/s1. The average molecular weight is 1480 g/mol. The molecule has 0 aromatic carbocycles. The van der Waals surface area contributed by atoms with Crippen LogP contribution in [0.2, 0.25) is 0 Å². The van der Waals surface area contributed by atoms with Gasteiger partial charge in [-0.15, -0.1) is 0 Å². The molecule has 0 rings (SSSR count). The van der Waals surface area contributed by atoms with E-state index in [2.05, 4.69) is 113 Å². The highest BCUT2D eigenvalue weighted by Crippen LogP contribution is 2.45. The molecule has 0 aromatic heterocycles. The molecule has 0 aliphatic carbocycles. The normalized spacial score (nSPS) is 14.3. The lowest BCUT2D eigenvalue weighted by Crippen LogP contribution is -2.30. The number of carbonyl (C=O) groups excluding carboxylic acids is 4. The molecule has 592 valence electrons. The van der Waals surface area contributed by atoms with Gasteiger partial charge in [-0.2, -0.15) is 0 Å². The molecule has 0 fully saturated rings. The van der Waals surface area contributed by atoms with Crippen LogP contribution in [0.4, 0.5) is 0 Å². The van der Waals surface area contributed by atoms with Crippen LogP contribution >= 0.6 is 15.6 Å². The fraction of sp³-hybridized carbons (Fsp3) is 0.783. The highest BCUT2D eigenvalue weighted by Gasteiger charge is 2.30. The van der Waals surface area contributed by atoms with Crippen LogP contribution in [0.5, 0.6) is 0 Å². The van der Waals surface area contributed by atoms with Gasteiger partial charge in [-0.3, -0.25) is 37.3 Å². The topological polar surface area (TPSA) is 237 Å². The summed E-state index contributed by atoms with van der Waals surface area (Å²) < 4.78 is 68.7. The summed E-state index contributed by atoms with van der Waals surface area (Å²) in [6.45, 7) is 4.80. The zero-order valence-corrected chi connectivity index (χ0v) is 66.6. The fourth-order valence-electron chi connectivity index (χ4n) is 11.0. The smallest absolute Gasteiger partial charge is 0.462 e. The predicted molar refractivity (Wildman–Crippen MR) is 418 cm³/mol. The van der Waals surface area contributed by atoms with Crippen molar-refractivity contribution in [2.45, 2.75) is 380 Å². The zero-order valence-electron chi connectivity index (χ0n) is 64.8. The number of hydrogen-bond acceptors (Lipinski definition) is 15. The molecule has 0 spiro atoms. The van der Waals surface area contributed by atoms with E-state index >= 15 is 0 Å². The number of rotatable bonds is 77. The van der Waals surface area contributed by atoms with E-state index in [0.29, 0.717) is 25.7 Å².